The van der Waals surface area contributed by atoms with E-state index < -0.39 is 5.41 Å². The van der Waals surface area contributed by atoms with Crippen molar-refractivity contribution < 1.29 is 4.79 Å². The molecule has 1 aliphatic rings. The number of thiazole rings is 1. The Morgan fingerprint density at radius 1 is 1.08 bits per heavy atom. The first-order valence-electron chi connectivity index (χ1n) is 8.94. The molecule has 26 heavy (non-hydrogen) atoms. The Bertz CT molecular complexity index is 870. The second-order valence-electron chi connectivity index (χ2n) is 6.85. The van der Waals surface area contributed by atoms with Gasteiger partial charge in [-0.2, -0.15) is 11.8 Å². The minimum atomic E-state index is -0.586. The molecule has 1 aromatic heterocycles. The lowest BCUT2D eigenvalue weighted by atomic mass is 9.78. The number of thioether (sulfide) groups is 1. The van der Waals surface area contributed by atoms with Gasteiger partial charge in [-0.1, -0.05) is 42.5 Å². The molecule has 134 valence electrons. The molecule has 0 saturated carbocycles. The fraction of sp³-hybridized carbons (Fsp3) is 0.333. The lowest BCUT2D eigenvalue weighted by Crippen LogP contribution is -2.49. The second-order valence-corrected chi connectivity index (χ2v) is 9.19. The molecule has 0 spiro atoms. The summed E-state index contributed by atoms with van der Waals surface area (Å²) >= 11 is 3.62. The third kappa shape index (κ3) is 3.38. The predicted molar refractivity (Wildman–Crippen MR) is 111 cm³/mol. The SMILES string of the molecule is CC(Cc1nc2ccccc2s1)(C(=O)N1CCSCC1)c1ccccc1. The minimum absolute atomic E-state index is 0.225. The van der Waals surface area contributed by atoms with Crippen molar-refractivity contribution >= 4 is 39.2 Å². The molecule has 1 unspecified atom stereocenters. The Kier molecular flexibility index (Phi) is 5.00. The molecule has 2 heterocycles. The summed E-state index contributed by atoms with van der Waals surface area (Å²) in [5.41, 5.74) is 1.50. The Hall–Kier alpha value is -1.85. The number of hydrogen-bond acceptors (Lipinski definition) is 4. The van der Waals surface area contributed by atoms with Crippen LogP contribution in [0.2, 0.25) is 0 Å². The van der Waals surface area contributed by atoms with Crippen LogP contribution in [0.5, 0.6) is 0 Å². The van der Waals surface area contributed by atoms with Crippen molar-refractivity contribution in [2.24, 2.45) is 0 Å². The van der Waals surface area contributed by atoms with E-state index in [4.69, 9.17) is 4.98 Å². The average molecular weight is 383 g/mol. The standard InChI is InChI=1S/C21H22N2OS2/c1-21(16-7-3-2-4-8-16,20(24)23-11-13-25-14-12-23)15-19-22-17-9-5-6-10-18(17)26-19/h2-10H,11-15H2,1H3. The van der Waals surface area contributed by atoms with E-state index in [0.717, 1.165) is 40.7 Å². The summed E-state index contributed by atoms with van der Waals surface area (Å²) in [5.74, 6) is 2.28. The molecule has 1 fully saturated rings. The van der Waals surface area contributed by atoms with Gasteiger partial charge in [-0.3, -0.25) is 4.79 Å². The van der Waals surface area contributed by atoms with Crippen molar-refractivity contribution in [3.05, 3.63) is 65.2 Å². The maximum Gasteiger partial charge on any atom is 0.233 e. The van der Waals surface area contributed by atoms with Gasteiger partial charge < -0.3 is 4.90 Å². The van der Waals surface area contributed by atoms with E-state index in [-0.39, 0.29) is 5.91 Å². The molecule has 1 aliphatic heterocycles. The molecule has 3 nitrogen and oxygen atoms in total. The van der Waals surface area contributed by atoms with Gasteiger partial charge in [0, 0.05) is 31.0 Å². The lowest BCUT2D eigenvalue weighted by Gasteiger charge is -2.36. The van der Waals surface area contributed by atoms with Crippen LogP contribution in [-0.4, -0.2) is 40.4 Å². The van der Waals surface area contributed by atoms with Crippen LogP contribution in [0.4, 0.5) is 0 Å². The Labute approximate surface area is 162 Å². The first-order valence-corrected chi connectivity index (χ1v) is 10.9. The van der Waals surface area contributed by atoms with Crippen molar-refractivity contribution in [1.82, 2.24) is 9.88 Å². The van der Waals surface area contributed by atoms with Crippen LogP contribution in [0.1, 0.15) is 17.5 Å². The maximum absolute atomic E-state index is 13.5. The number of nitrogens with zero attached hydrogens (tertiary/aromatic N) is 2. The van der Waals surface area contributed by atoms with E-state index in [1.807, 2.05) is 53.1 Å². The third-order valence-corrected chi connectivity index (χ3v) is 7.00. The highest BCUT2D eigenvalue weighted by Crippen LogP contribution is 2.34. The highest BCUT2D eigenvalue weighted by molar-refractivity contribution is 7.99. The van der Waals surface area contributed by atoms with E-state index in [1.54, 1.807) is 11.3 Å². The van der Waals surface area contributed by atoms with Gasteiger partial charge in [0.25, 0.3) is 0 Å². The van der Waals surface area contributed by atoms with Gasteiger partial charge in [-0.05, 0) is 24.6 Å². The van der Waals surface area contributed by atoms with E-state index in [2.05, 4.69) is 25.1 Å². The molecule has 1 saturated heterocycles. The number of carbonyl (C=O) groups excluding carboxylic acids is 1. The zero-order valence-corrected chi connectivity index (χ0v) is 16.5. The van der Waals surface area contributed by atoms with Crippen LogP contribution in [0.3, 0.4) is 0 Å². The molecule has 4 rings (SSSR count). The lowest BCUT2D eigenvalue weighted by molar-refractivity contribution is -0.136. The van der Waals surface area contributed by atoms with Gasteiger partial charge in [0.15, 0.2) is 0 Å². The third-order valence-electron chi connectivity index (χ3n) is 5.02. The monoisotopic (exact) mass is 382 g/mol. The zero-order valence-electron chi connectivity index (χ0n) is 14.9. The summed E-state index contributed by atoms with van der Waals surface area (Å²) in [4.78, 5) is 20.4. The fourth-order valence-electron chi connectivity index (χ4n) is 3.52. The Morgan fingerprint density at radius 3 is 2.50 bits per heavy atom. The molecule has 0 aliphatic carbocycles. The van der Waals surface area contributed by atoms with E-state index in [0.29, 0.717) is 6.42 Å². The largest absolute Gasteiger partial charge is 0.340 e. The summed E-state index contributed by atoms with van der Waals surface area (Å²) in [6, 6.07) is 18.4. The first-order chi connectivity index (χ1) is 12.7. The number of fused-ring (bicyclic) bond motifs is 1. The number of para-hydroxylation sites is 1. The van der Waals surface area contributed by atoms with Crippen LogP contribution in [0.15, 0.2) is 54.6 Å². The molecule has 5 heteroatoms. The number of rotatable bonds is 4. The van der Waals surface area contributed by atoms with Gasteiger partial charge in [-0.25, -0.2) is 4.98 Å². The van der Waals surface area contributed by atoms with Gasteiger partial charge in [-0.15, -0.1) is 11.3 Å². The molecular formula is C21H22N2OS2. The summed E-state index contributed by atoms with van der Waals surface area (Å²) in [5, 5.41) is 1.03. The summed E-state index contributed by atoms with van der Waals surface area (Å²) in [6.07, 6.45) is 0.638. The van der Waals surface area contributed by atoms with Crippen LogP contribution < -0.4 is 0 Å². The Balaban J connectivity index is 1.71. The van der Waals surface area contributed by atoms with Crippen molar-refractivity contribution in [1.29, 1.82) is 0 Å². The van der Waals surface area contributed by atoms with Gasteiger partial charge in [0.1, 0.15) is 0 Å². The van der Waals surface area contributed by atoms with Crippen molar-refractivity contribution in [2.75, 3.05) is 24.6 Å². The van der Waals surface area contributed by atoms with Crippen molar-refractivity contribution in [3.63, 3.8) is 0 Å². The first kappa shape index (κ1) is 17.6. The molecular weight excluding hydrogens is 360 g/mol. The van der Waals surface area contributed by atoms with Crippen molar-refractivity contribution in [2.45, 2.75) is 18.8 Å². The Morgan fingerprint density at radius 2 is 1.77 bits per heavy atom. The summed E-state index contributed by atoms with van der Waals surface area (Å²) in [7, 11) is 0. The van der Waals surface area contributed by atoms with Crippen LogP contribution in [0.25, 0.3) is 10.2 Å². The second kappa shape index (κ2) is 7.41. The summed E-state index contributed by atoms with van der Waals surface area (Å²) < 4.78 is 1.18. The number of hydrogen-bond donors (Lipinski definition) is 0. The minimum Gasteiger partial charge on any atom is -0.340 e. The van der Waals surface area contributed by atoms with Crippen LogP contribution in [-0.2, 0) is 16.6 Å². The van der Waals surface area contributed by atoms with Gasteiger partial charge in [0.05, 0.1) is 20.6 Å². The average Bonchev–Trinajstić information content (AvgIpc) is 3.10. The number of aromatic nitrogens is 1. The zero-order chi connectivity index (χ0) is 18.0. The number of benzene rings is 2. The molecule has 1 amide bonds. The molecule has 2 aromatic carbocycles. The smallest absolute Gasteiger partial charge is 0.233 e. The van der Waals surface area contributed by atoms with E-state index in [1.165, 1.54) is 4.70 Å². The van der Waals surface area contributed by atoms with E-state index in [9.17, 15) is 4.79 Å². The molecule has 0 bridgehead atoms. The molecule has 0 radical (unpaired) electrons. The molecule has 1 atom stereocenters. The predicted octanol–water partition coefficient (Wildman–Crippen LogP) is 4.37. The van der Waals surface area contributed by atoms with Gasteiger partial charge >= 0.3 is 0 Å². The highest BCUT2D eigenvalue weighted by atomic mass is 32.2. The topological polar surface area (TPSA) is 33.2 Å². The number of carbonyl (C=O) groups is 1. The highest BCUT2D eigenvalue weighted by Gasteiger charge is 2.39. The molecule has 0 N–H and O–H groups in total. The normalized spacial score (nSPS) is 17.2. The maximum atomic E-state index is 13.5. The van der Waals surface area contributed by atoms with Crippen LogP contribution >= 0.6 is 23.1 Å². The quantitative estimate of drug-likeness (QED) is 0.672. The van der Waals surface area contributed by atoms with E-state index >= 15 is 0 Å². The fourth-order valence-corrected chi connectivity index (χ4v) is 5.55. The van der Waals surface area contributed by atoms with Crippen molar-refractivity contribution in [3.8, 4) is 0 Å². The van der Waals surface area contributed by atoms with Crippen LogP contribution in [0, 0.1) is 0 Å². The summed E-state index contributed by atoms with van der Waals surface area (Å²) in [6.45, 7) is 3.76. The van der Waals surface area contributed by atoms with Gasteiger partial charge in [0.2, 0.25) is 5.91 Å². The number of amides is 1. The molecule has 3 aromatic rings.